The van der Waals surface area contributed by atoms with Crippen LogP contribution in [0.4, 0.5) is 4.39 Å². The van der Waals surface area contributed by atoms with Gasteiger partial charge in [-0.3, -0.25) is 4.79 Å². The van der Waals surface area contributed by atoms with Crippen molar-refractivity contribution in [2.75, 3.05) is 26.8 Å². The van der Waals surface area contributed by atoms with Crippen molar-refractivity contribution in [3.05, 3.63) is 35.6 Å². The standard InChI is InChI=1S/C16H25FN2O2/c1-12(2)15(10-13-4-6-14(17)7-5-13)19-16(20)11-18-8-9-21-3/h4-7,12,15,18H,8-11H2,1-3H3,(H,19,20). The Morgan fingerprint density at radius 1 is 1.29 bits per heavy atom. The normalized spacial score (nSPS) is 12.4. The number of carbonyl (C=O) groups excluding carboxylic acids is 1. The molecule has 118 valence electrons. The molecule has 0 radical (unpaired) electrons. The molecular weight excluding hydrogens is 271 g/mol. The predicted molar refractivity (Wildman–Crippen MR) is 81.6 cm³/mol. The number of nitrogens with one attached hydrogen (secondary N) is 2. The maximum Gasteiger partial charge on any atom is 0.234 e. The van der Waals surface area contributed by atoms with Gasteiger partial charge >= 0.3 is 0 Å². The summed E-state index contributed by atoms with van der Waals surface area (Å²) in [6.07, 6.45) is 0.696. The molecule has 0 spiro atoms. The smallest absolute Gasteiger partial charge is 0.234 e. The number of benzene rings is 1. The first-order valence-electron chi connectivity index (χ1n) is 7.26. The van der Waals surface area contributed by atoms with Crippen LogP contribution in [0, 0.1) is 11.7 Å². The van der Waals surface area contributed by atoms with Crippen LogP contribution < -0.4 is 10.6 Å². The molecule has 1 rings (SSSR count). The number of rotatable bonds is 9. The molecule has 1 aromatic rings. The van der Waals surface area contributed by atoms with E-state index in [9.17, 15) is 9.18 Å². The summed E-state index contributed by atoms with van der Waals surface area (Å²) in [5.74, 6) is 0.0242. The summed E-state index contributed by atoms with van der Waals surface area (Å²) in [7, 11) is 1.62. The zero-order valence-corrected chi connectivity index (χ0v) is 13.0. The lowest BCUT2D eigenvalue weighted by Gasteiger charge is -2.22. The minimum Gasteiger partial charge on any atom is -0.383 e. The third-order valence-electron chi connectivity index (χ3n) is 3.29. The lowest BCUT2D eigenvalue weighted by atomic mass is 9.96. The van der Waals surface area contributed by atoms with E-state index in [1.165, 1.54) is 12.1 Å². The van der Waals surface area contributed by atoms with E-state index in [0.717, 1.165) is 5.56 Å². The van der Waals surface area contributed by atoms with Crippen LogP contribution in [0.1, 0.15) is 19.4 Å². The highest BCUT2D eigenvalue weighted by Crippen LogP contribution is 2.11. The second-order valence-electron chi connectivity index (χ2n) is 5.42. The molecule has 0 aliphatic heterocycles. The average Bonchev–Trinajstić information content (AvgIpc) is 2.45. The van der Waals surface area contributed by atoms with E-state index < -0.39 is 0 Å². The van der Waals surface area contributed by atoms with Gasteiger partial charge in [0.05, 0.1) is 13.2 Å². The molecule has 1 amide bonds. The van der Waals surface area contributed by atoms with E-state index in [0.29, 0.717) is 25.5 Å². The van der Waals surface area contributed by atoms with Gasteiger partial charge in [0, 0.05) is 19.7 Å². The predicted octanol–water partition coefficient (Wildman–Crippen LogP) is 1.75. The zero-order valence-electron chi connectivity index (χ0n) is 13.0. The molecule has 0 aliphatic carbocycles. The summed E-state index contributed by atoms with van der Waals surface area (Å²) in [5, 5.41) is 6.04. The van der Waals surface area contributed by atoms with Crippen molar-refractivity contribution >= 4 is 5.91 Å². The van der Waals surface area contributed by atoms with E-state index in [2.05, 4.69) is 24.5 Å². The molecular formula is C16H25FN2O2. The molecule has 1 atom stereocenters. The van der Waals surface area contributed by atoms with Crippen molar-refractivity contribution in [3.63, 3.8) is 0 Å². The van der Waals surface area contributed by atoms with Crippen molar-refractivity contribution in [1.29, 1.82) is 0 Å². The molecule has 0 aromatic heterocycles. The number of methoxy groups -OCH3 is 1. The van der Waals surface area contributed by atoms with Crippen LogP contribution in [-0.2, 0) is 16.0 Å². The monoisotopic (exact) mass is 296 g/mol. The first kappa shape index (κ1) is 17.6. The lowest BCUT2D eigenvalue weighted by molar-refractivity contribution is -0.121. The van der Waals surface area contributed by atoms with Gasteiger partial charge in [-0.1, -0.05) is 26.0 Å². The van der Waals surface area contributed by atoms with Crippen LogP contribution in [0.5, 0.6) is 0 Å². The minimum absolute atomic E-state index is 0.0344. The van der Waals surface area contributed by atoms with Crippen LogP contribution in [-0.4, -0.2) is 38.8 Å². The Labute approximate surface area is 126 Å². The van der Waals surface area contributed by atoms with Gasteiger partial charge in [-0.05, 0) is 30.0 Å². The van der Waals surface area contributed by atoms with Crippen molar-refractivity contribution < 1.29 is 13.9 Å². The Morgan fingerprint density at radius 3 is 2.52 bits per heavy atom. The van der Waals surface area contributed by atoms with Crippen molar-refractivity contribution in [3.8, 4) is 0 Å². The molecule has 0 aliphatic rings. The Balaban J connectivity index is 2.46. The number of hydrogen-bond donors (Lipinski definition) is 2. The zero-order chi connectivity index (χ0) is 15.7. The van der Waals surface area contributed by atoms with Gasteiger partial charge in [0.1, 0.15) is 5.82 Å². The molecule has 1 unspecified atom stereocenters. The molecule has 21 heavy (non-hydrogen) atoms. The molecule has 0 saturated heterocycles. The second-order valence-corrected chi connectivity index (χ2v) is 5.42. The lowest BCUT2D eigenvalue weighted by Crippen LogP contribution is -2.44. The molecule has 4 nitrogen and oxygen atoms in total. The summed E-state index contributed by atoms with van der Waals surface area (Å²) < 4.78 is 17.8. The molecule has 1 aromatic carbocycles. The van der Waals surface area contributed by atoms with E-state index in [-0.39, 0.29) is 24.3 Å². The van der Waals surface area contributed by atoms with Crippen LogP contribution >= 0.6 is 0 Å². The van der Waals surface area contributed by atoms with Gasteiger partial charge in [0.25, 0.3) is 0 Å². The van der Waals surface area contributed by atoms with Crippen molar-refractivity contribution in [2.24, 2.45) is 5.92 Å². The number of hydrogen-bond acceptors (Lipinski definition) is 3. The third-order valence-corrected chi connectivity index (χ3v) is 3.29. The van der Waals surface area contributed by atoms with Crippen LogP contribution in [0.2, 0.25) is 0 Å². The number of halogens is 1. The largest absolute Gasteiger partial charge is 0.383 e. The maximum atomic E-state index is 12.9. The van der Waals surface area contributed by atoms with Crippen molar-refractivity contribution in [2.45, 2.75) is 26.3 Å². The highest BCUT2D eigenvalue weighted by molar-refractivity contribution is 5.78. The first-order chi connectivity index (χ1) is 10.0. The molecule has 0 fully saturated rings. The number of amides is 1. The van der Waals surface area contributed by atoms with Gasteiger partial charge in [-0.2, -0.15) is 0 Å². The highest BCUT2D eigenvalue weighted by atomic mass is 19.1. The van der Waals surface area contributed by atoms with Crippen LogP contribution in [0.25, 0.3) is 0 Å². The Morgan fingerprint density at radius 2 is 1.95 bits per heavy atom. The second kappa shape index (κ2) is 9.47. The van der Waals surface area contributed by atoms with Gasteiger partial charge in [0.2, 0.25) is 5.91 Å². The fourth-order valence-corrected chi connectivity index (χ4v) is 1.96. The Hall–Kier alpha value is -1.46. The number of ether oxygens (including phenoxy) is 1. The minimum atomic E-state index is -0.244. The Kier molecular flexibility index (Phi) is 7.93. The average molecular weight is 296 g/mol. The van der Waals surface area contributed by atoms with E-state index in [1.807, 2.05) is 0 Å². The fraction of sp³-hybridized carbons (Fsp3) is 0.562. The summed E-state index contributed by atoms with van der Waals surface area (Å²) in [6.45, 7) is 5.63. The summed E-state index contributed by atoms with van der Waals surface area (Å²) in [4.78, 5) is 11.9. The molecule has 0 saturated carbocycles. The third kappa shape index (κ3) is 7.20. The van der Waals surface area contributed by atoms with E-state index in [4.69, 9.17) is 4.74 Å². The van der Waals surface area contributed by atoms with Crippen LogP contribution in [0.3, 0.4) is 0 Å². The van der Waals surface area contributed by atoms with Crippen molar-refractivity contribution in [1.82, 2.24) is 10.6 Å². The first-order valence-corrected chi connectivity index (χ1v) is 7.26. The quantitative estimate of drug-likeness (QED) is 0.683. The highest BCUT2D eigenvalue weighted by Gasteiger charge is 2.16. The van der Waals surface area contributed by atoms with Gasteiger partial charge in [-0.15, -0.1) is 0 Å². The molecule has 0 heterocycles. The van der Waals surface area contributed by atoms with Gasteiger partial charge in [0.15, 0.2) is 0 Å². The maximum absolute atomic E-state index is 12.9. The topological polar surface area (TPSA) is 50.4 Å². The summed E-state index contributed by atoms with van der Waals surface area (Å²) >= 11 is 0. The summed E-state index contributed by atoms with van der Waals surface area (Å²) in [5.41, 5.74) is 1.02. The Bertz CT molecular complexity index is 421. The molecule has 0 bridgehead atoms. The van der Waals surface area contributed by atoms with E-state index >= 15 is 0 Å². The molecule has 2 N–H and O–H groups in total. The summed E-state index contributed by atoms with van der Waals surface area (Å²) in [6, 6.07) is 6.44. The van der Waals surface area contributed by atoms with Gasteiger partial charge < -0.3 is 15.4 Å². The SMILES string of the molecule is COCCNCC(=O)NC(Cc1ccc(F)cc1)C(C)C. The van der Waals surface area contributed by atoms with E-state index in [1.54, 1.807) is 19.2 Å². The van der Waals surface area contributed by atoms with Gasteiger partial charge in [-0.25, -0.2) is 4.39 Å². The van der Waals surface area contributed by atoms with Crippen LogP contribution in [0.15, 0.2) is 24.3 Å². The fourth-order valence-electron chi connectivity index (χ4n) is 1.96. The molecule has 5 heteroatoms. The number of carbonyl (C=O) groups is 1.